The van der Waals surface area contributed by atoms with Crippen molar-refractivity contribution in [2.45, 2.75) is 25.9 Å². The van der Waals surface area contributed by atoms with Gasteiger partial charge in [0.1, 0.15) is 16.8 Å². The Morgan fingerprint density at radius 2 is 1.83 bits per heavy atom. The number of benzene rings is 3. The molecule has 0 amide bonds. The van der Waals surface area contributed by atoms with E-state index in [1.165, 1.54) is 5.56 Å². The van der Waals surface area contributed by atoms with E-state index < -0.39 is 17.1 Å². The zero-order valence-corrected chi connectivity index (χ0v) is 17.9. The van der Waals surface area contributed by atoms with Gasteiger partial charge >= 0.3 is 0 Å². The second-order valence-electron chi connectivity index (χ2n) is 7.43. The number of aliphatic hydroxyl groups is 1. The molecule has 3 aromatic carbocycles. The molecule has 0 aliphatic carbocycles. The summed E-state index contributed by atoms with van der Waals surface area (Å²) in [7, 11) is -1.06. The summed E-state index contributed by atoms with van der Waals surface area (Å²) in [5, 5.41) is 10.1. The normalized spacial score (nSPS) is 13.3. The van der Waals surface area contributed by atoms with Gasteiger partial charge in [-0.1, -0.05) is 42.5 Å². The molecule has 0 saturated heterocycles. The quantitative estimate of drug-likeness (QED) is 0.404. The van der Waals surface area contributed by atoms with Gasteiger partial charge in [0, 0.05) is 18.4 Å². The summed E-state index contributed by atoms with van der Waals surface area (Å²) in [6, 6.07) is 22.1. The summed E-state index contributed by atoms with van der Waals surface area (Å²) in [4.78, 5) is 8.16. The molecule has 154 valence electrons. The zero-order valence-electron chi connectivity index (χ0n) is 17.1. The molecular formula is C24H25N3O2S. The summed E-state index contributed by atoms with van der Waals surface area (Å²) >= 11 is 0. The maximum Gasteiger partial charge on any atom is 0.113 e. The standard InChI is InChI=1S/C24H25N3O2S/c1-16(28)20-5-3-4-6-21(20)18-10-13-22-23(15-18)26-24(25-22)14-9-17-7-11-19(12-8-17)27-30(2)29/h3-8,10-13,15-16,27-28H,9,14H2,1-2H3,(H,25,26). The first kappa shape index (κ1) is 20.3. The van der Waals surface area contributed by atoms with Gasteiger partial charge in [-0.05, 0) is 59.9 Å². The van der Waals surface area contributed by atoms with E-state index in [-0.39, 0.29) is 0 Å². The monoisotopic (exact) mass is 419 g/mol. The van der Waals surface area contributed by atoms with Crippen molar-refractivity contribution >= 4 is 27.7 Å². The Kier molecular flexibility index (Phi) is 5.97. The van der Waals surface area contributed by atoms with Crippen molar-refractivity contribution in [3.63, 3.8) is 0 Å². The van der Waals surface area contributed by atoms with E-state index in [2.05, 4.69) is 21.8 Å². The molecule has 1 aromatic heterocycles. The number of nitrogens with one attached hydrogen (secondary N) is 2. The van der Waals surface area contributed by atoms with E-state index >= 15 is 0 Å². The maximum atomic E-state index is 11.2. The molecule has 30 heavy (non-hydrogen) atoms. The van der Waals surface area contributed by atoms with Crippen LogP contribution in [0.4, 0.5) is 5.69 Å². The number of H-pyrrole nitrogens is 1. The highest BCUT2D eigenvalue weighted by atomic mass is 32.2. The Bertz CT molecular complexity index is 1180. The average Bonchev–Trinajstić information content (AvgIpc) is 3.15. The smallest absolute Gasteiger partial charge is 0.113 e. The van der Waals surface area contributed by atoms with Gasteiger partial charge in [-0.2, -0.15) is 0 Å². The highest BCUT2D eigenvalue weighted by Crippen LogP contribution is 2.30. The minimum Gasteiger partial charge on any atom is -0.389 e. The lowest BCUT2D eigenvalue weighted by Crippen LogP contribution is -2.01. The molecule has 4 rings (SSSR count). The summed E-state index contributed by atoms with van der Waals surface area (Å²) in [5.41, 5.74) is 7.00. The van der Waals surface area contributed by atoms with Gasteiger partial charge in [0.2, 0.25) is 0 Å². The number of imidazole rings is 1. The van der Waals surface area contributed by atoms with Crippen LogP contribution in [-0.4, -0.2) is 25.5 Å². The molecule has 0 fully saturated rings. The van der Waals surface area contributed by atoms with Crippen LogP contribution in [0.2, 0.25) is 0 Å². The second-order valence-corrected chi connectivity index (χ2v) is 8.54. The third-order valence-electron chi connectivity index (χ3n) is 5.12. The third kappa shape index (κ3) is 4.61. The van der Waals surface area contributed by atoms with Crippen LogP contribution >= 0.6 is 0 Å². The number of fused-ring (bicyclic) bond motifs is 1. The molecule has 0 spiro atoms. The topological polar surface area (TPSA) is 78.0 Å². The van der Waals surface area contributed by atoms with Crippen molar-refractivity contribution < 1.29 is 9.32 Å². The number of nitrogens with zero attached hydrogens (tertiary/aromatic N) is 1. The number of rotatable bonds is 7. The largest absolute Gasteiger partial charge is 0.389 e. The highest BCUT2D eigenvalue weighted by molar-refractivity contribution is 7.85. The minimum absolute atomic E-state index is 0.520. The van der Waals surface area contributed by atoms with Crippen molar-refractivity contribution in [2.75, 3.05) is 11.0 Å². The van der Waals surface area contributed by atoms with E-state index in [1.807, 2.05) is 54.6 Å². The minimum atomic E-state index is -1.06. The number of aryl methyl sites for hydroxylation is 2. The van der Waals surface area contributed by atoms with E-state index in [4.69, 9.17) is 4.98 Å². The van der Waals surface area contributed by atoms with E-state index in [0.29, 0.717) is 0 Å². The first-order valence-electron chi connectivity index (χ1n) is 9.94. The first-order valence-corrected chi connectivity index (χ1v) is 11.5. The number of aromatic nitrogens is 2. The van der Waals surface area contributed by atoms with Gasteiger partial charge in [0.15, 0.2) is 0 Å². The maximum absolute atomic E-state index is 11.2. The number of anilines is 1. The number of aliphatic hydroxyl groups excluding tert-OH is 1. The molecule has 0 saturated carbocycles. The van der Waals surface area contributed by atoms with Gasteiger partial charge in [-0.3, -0.25) is 0 Å². The Balaban J connectivity index is 1.51. The van der Waals surface area contributed by atoms with Crippen molar-refractivity contribution in [3.05, 3.63) is 83.7 Å². The molecule has 2 unspecified atom stereocenters. The molecule has 6 heteroatoms. The number of aromatic amines is 1. The van der Waals surface area contributed by atoms with Crippen molar-refractivity contribution in [3.8, 4) is 11.1 Å². The predicted molar refractivity (Wildman–Crippen MR) is 124 cm³/mol. The third-order valence-corrected chi connectivity index (χ3v) is 5.64. The van der Waals surface area contributed by atoms with Gasteiger partial charge in [0.05, 0.1) is 17.1 Å². The van der Waals surface area contributed by atoms with Crippen LogP contribution in [0.5, 0.6) is 0 Å². The molecule has 0 aliphatic rings. The second kappa shape index (κ2) is 8.81. The van der Waals surface area contributed by atoms with Crippen LogP contribution in [-0.2, 0) is 23.8 Å². The fraction of sp³-hybridized carbons (Fsp3) is 0.208. The Morgan fingerprint density at radius 3 is 2.57 bits per heavy atom. The molecule has 4 aromatic rings. The van der Waals surface area contributed by atoms with Gasteiger partial charge < -0.3 is 14.8 Å². The molecular weight excluding hydrogens is 394 g/mol. The van der Waals surface area contributed by atoms with Crippen molar-refractivity contribution in [1.29, 1.82) is 0 Å². The van der Waals surface area contributed by atoms with Crippen molar-refractivity contribution in [1.82, 2.24) is 9.97 Å². The van der Waals surface area contributed by atoms with Crippen LogP contribution in [0.25, 0.3) is 22.2 Å². The lowest BCUT2D eigenvalue weighted by Gasteiger charge is -2.11. The summed E-state index contributed by atoms with van der Waals surface area (Å²) in [6.45, 7) is 1.79. The Labute approximate surface area is 178 Å². The first-order chi connectivity index (χ1) is 14.5. The van der Waals surface area contributed by atoms with E-state index in [1.54, 1.807) is 13.2 Å². The Morgan fingerprint density at radius 1 is 1.07 bits per heavy atom. The fourth-order valence-corrected chi connectivity index (χ4v) is 4.11. The summed E-state index contributed by atoms with van der Waals surface area (Å²) in [5.74, 6) is 0.947. The summed E-state index contributed by atoms with van der Waals surface area (Å²) in [6.07, 6.45) is 2.77. The lowest BCUT2D eigenvalue weighted by atomic mass is 9.96. The van der Waals surface area contributed by atoms with Gasteiger partial charge in [-0.25, -0.2) is 9.19 Å². The molecule has 5 nitrogen and oxygen atoms in total. The van der Waals surface area contributed by atoms with Crippen molar-refractivity contribution in [2.24, 2.45) is 0 Å². The SMILES string of the molecule is CC(O)c1ccccc1-c1ccc2nc(CCc3ccc(NS(C)=O)cc3)[nH]c2c1. The van der Waals surface area contributed by atoms with E-state index in [0.717, 1.165) is 52.1 Å². The zero-order chi connectivity index (χ0) is 21.1. The fourth-order valence-electron chi connectivity index (χ4n) is 3.64. The van der Waals surface area contributed by atoms with Crippen LogP contribution in [0.15, 0.2) is 66.7 Å². The molecule has 3 N–H and O–H groups in total. The number of hydrogen-bond acceptors (Lipinski definition) is 3. The predicted octanol–water partition coefficient (Wildman–Crippen LogP) is 4.77. The highest BCUT2D eigenvalue weighted by Gasteiger charge is 2.11. The molecule has 0 radical (unpaired) electrons. The van der Waals surface area contributed by atoms with Crippen LogP contribution in [0, 0.1) is 0 Å². The molecule has 2 atom stereocenters. The Hall–Kier alpha value is -2.96. The average molecular weight is 420 g/mol. The molecule has 1 heterocycles. The van der Waals surface area contributed by atoms with E-state index in [9.17, 15) is 9.32 Å². The summed E-state index contributed by atoms with van der Waals surface area (Å²) < 4.78 is 14.1. The number of hydrogen-bond donors (Lipinski definition) is 3. The van der Waals surface area contributed by atoms with Gasteiger partial charge in [0.25, 0.3) is 0 Å². The molecule has 0 bridgehead atoms. The van der Waals surface area contributed by atoms with Crippen LogP contribution in [0.1, 0.15) is 30.0 Å². The van der Waals surface area contributed by atoms with Gasteiger partial charge in [-0.15, -0.1) is 0 Å². The van der Waals surface area contributed by atoms with Crippen LogP contribution < -0.4 is 4.72 Å². The van der Waals surface area contributed by atoms with Crippen LogP contribution in [0.3, 0.4) is 0 Å². The lowest BCUT2D eigenvalue weighted by molar-refractivity contribution is 0.200. The molecule has 0 aliphatic heterocycles.